The van der Waals surface area contributed by atoms with Crippen LogP contribution in [0.5, 0.6) is 5.75 Å². The number of ketones is 1. The number of aromatic nitrogens is 4. The van der Waals surface area contributed by atoms with Crippen LogP contribution in [0.3, 0.4) is 0 Å². The van der Waals surface area contributed by atoms with Crippen LogP contribution in [0.1, 0.15) is 40.9 Å². The van der Waals surface area contributed by atoms with Crippen LogP contribution in [-0.2, 0) is 12.3 Å². The van der Waals surface area contributed by atoms with Crippen molar-refractivity contribution in [2.24, 2.45) is 5.41 Å². The lowest BCUT2D eigenvalue weighted by Gasteiger charge is -2.17. The van der Waals surface area contributed by atoms with Crippen molar-refractivity contribution >= 4 is 57.9 Å². The van der Waals surface area contributed by atoms with E-state index >= 15 is 0 Å². The molecule has 0 radical (unpaired) electrons. The molecule has 8 nitrogen and oxygen atoms in total. The number of rotatable bonds is 8. The van der Waals surface area contributed by atoms with E-state index in [1.807, 2.05) is 32.9 Å². The second-order valence-electron chi connectivity index (χ2n) is 8.84. The molecule has 0 aliphatic rings. The summed E-state index contributed by atoms with van der Waals surface area (Å²) in [5.41, 5.74) is -0.0924. The van der Waals surface area contributed by atoms with E-state index in [4.69, 9.17) is 16.3 Å². The van der Waals surface area contributed by atoms with E-state index in [0.29, 0.717) is 32.3 Å². The zero-order chi connectivity index (χ0) is 26.0. The third-order valence-corrected chi connectivity index (χ3v) is 8.14. The molecule has 188 valence electrons. The first-order valence-electron chi connectivity index (χ1n) is 10.8. The van der Waals surface area contributed by atoms with Crippen LogP contribution in [-0.4, -0.2) is 37.5 Å². The van der Waals surface area contributed by atoms with E-state index in [0.717, 1.165) is 16.4 Å². The second-order valence-corrected chi connectivity index (χ2v) is 12.3. The van der Waals surface area contributed by atoms with Gasteiger partial charge in [0.1, 0.15) is 22.2 Å². The molecular formula is C24H23ClN4O4S3. The van der Waals surface area contributed by atoms with Crippen molar-refractivity contribution in [1.29, 1.82) is 0 Å². The van der Waals surface area contributed by atoms with Gasteiger partial charge in [-0.15, -0.1) is 23.1 Å². The molecule has 0 saturated carbocycles. The molecule has 0 aromatic carbocycles. The highest BCUT2D eigenvalue weighted by molar-refractivity contribution is 7.98. The van der Waals surface area contributed by atoms with Crippen molar-refractivity contribution in [2.75, 3.05) is 7.11 Å². The fourth-order valence-electron chi connectivity index (χ4n) is 3.28. The zero-order valence-corrected chi connectivity index (χ0v) is 23.2. The first-order chi connectivity index (χ1) is 17.1. The monoisotopic (exact) mass is 562 g/mol. The molecule has 12 heteroatoms. The van der Waals surface area contributed by atoms with Gasteiger partial charge in [-0.3, -0.25) is 19.0 Å². The standard InChI is InChI=1S/C24H23ClN4O4S3/c1-24(2,3)23(32)29-22(34-13-15-5-6-20(25)36-15)11-17(26-29)18-9-14(33-4)10-21(31)28(18)12-19(30)16-7-8-35-27-16/h5-11H,12-13H2,1-4H3. The topological polar surface area (TPSA) is 96.1 Å². The van der Waals surface area contributed by atoms with Crippen LogP contribution < -0.4 is 10.3 Å². The fourth-order valence-corrected chi connectivity index (χ4v) is 5.93. The van der Waals surface area contributed by atoms with Crippen molar-refractivity contribution in [3.8, 4) is 17.1 Å². The van der Waals surface area contributed by atoms with Gasteiger partial charge < -0.3 is 4.74 Å². The molecule has 0 saturated heterocycles. The number of hydrogen-bond acceptors (Lipinski definition) is 9. The van der Waals surface area contributed by atoms with Crippen LogP contribution in [0.4, 0.5) is 0 Å². The van der Waals surface area contributed by atoms with Gasteiger partial charge in [0, 0.05) is 39.6 Å². The molecule has 0 fully saturated rings. The molecule has 4 aromatic rings. The van der Waals surface area contributed by atoms with Gasteiger partial charge in [0.2, 0.25) is 5.78 Å². The maximum atomic E-state index is 13.3. The molecule has 0 bridgehead atoms. The van der Waals surface area contributed by atoms with E-state index in [-0.39, 0.29) is 23.9 Å². The maximum absolute atomic E-state index is 13.3. The summed E-state index contributed by atoms with van der Waals surface area (Å²) >= 11 is 10.1. The molecule has 0 unspecified atom stereocenters. The Balaban J connectivity index is 1.79. The zero-order valence-electron chi connectivity index (χ0n) is 20.0. The average Bonchev–Trinajstić information content (AvgIpc) is 3.58. The number of nitrogens with zero attached hydrogens (tertiary/aromatic N) is 4. The maximum Gasteiger partial charge on any atom is 0.255 e. The highest BCUT2D eigenvalue weighted by atomic mass is 35.5. The summed E-state index contributed by atoms with van der Waals surface area (Å²) in [7, 11) is 1.46. The Morgan fingerprint density at radius 3 is 2.56 bits per heavy atom. The molecule has 0 amide bonds. The minimum absolute atomic E-state index is 0.198. The lowest BCUT2D eigenvalue weighted by molar-refractivity contribution is 0.0736. The smallest absolute Gasteiger partial charge is 0.255 e. The first kappa shape index (κ1) is 26.3. The summed E-state index contributed by atoms with van der Waals surface area (Å²) in [4.78, 5) is 40.1. The van der Waals surface area contributed by atoms with Gasteiger partial charge in [0.15, 0.2) is 0 Å². The Labute approximate surface area is 225 Å². The van der Waals surface area contributed by atoms with E-state index in [9.17, 15) is 14.4 Å². The summed E-state index contributed by atoms with van der Waals surface area (Å²) in [6, 6.07) is 10.1. The number of methoxy groups -OCH3 is 1. The molecule has 0 spiro atoms. The molecule has 36 heavy (non-hydrogen) atoms. The molecular weight excluding hydrogens is 540 g/mol. The molecule has 0 N–H and O–H groups in total. The van der Waals surface area contributed by atoms with Crippen molar-refractivity contribution in [1.82, 2.24) is 18.7 Å². The number of hydrogen-bond donors (Lipinski definition) is 0. The highest BCUT2D eigenvalue weighted by Gasteiger charge is 2.28. The average molecular weight is 563 g/mol. The molecule has 0 atom stereocenters. The third kappa shape index (κ3) is 5.80. The summed E-state index contributed by atoms with van der Waals surface area (Å²) < 4.78 is 12.8. The summed E-state index contributed by atoms with van der Waals surface area (Å²) in [6.45, 7) is 5.23. The minimum Gasteiger partial charge on any atom is -0.496 e. The van der Waals surface area contributed by atoms with Crippen molar-refractivity contribution < 1.29 is 14.3 Å². The van der Waals surface area contributed by atoms with Gasteiger partial charge in [0.05, 0.1) is 23.7 Å². The van der Waals surface area contributed by atoms with Crippen LogP contribution in [0, 0.1) is 5.41 Å². The van der Waals surface area contributed by atoms with E-state index in [1.165, 1.54) is 45.5 Å². The van der Waals surface area contributed by atoms with Crippen molar-refractivity contribution in [3.63, 3.8) is 0 Å². The van der Waals surface area contributed by atoms with Gasteiger partial charge in [-0.1, -0.05) is 32.4 Å². The van der Waals surface area contributed by atoms with Crippen molar-refractivity contribution in [3.05, 3.63) is 67.0 Å². The molecule has 0 aliphatic carbocycles. The minimum atomic E-state index is -0.695. The molecule has 4 heterocycles. The number of halogens is 1. The summed E-state index contributed by atoms with van der Waals surface area (Å²) in [6.07, 6.45) is 0. The summed E-state index contributed by atoms with van der Waals surface area (Å²) in [5, 5.41) is 6.91. The number of carbonyl (C=O) groups excluding carboxylic acids is 2. The van der Waals surface area contributed by atoms with E-state index in [2.05, 4.69) is 9.47 Å². The number of Topliss-reactive ketones (excluding diaryl/α,β-unsaturated/α-hetero) is 1. The normalized spacial score (nSPS) is 11.6. The van der Waals surface area contributed by atoms with Gasteiger partial charge in [-0.25, -0.2) is 0 Å². The van der Waals surface area contributed by atoms with Crippen LogP contribution in [0.2, 0.25) is 4.34 Å². The Morgan fingerprint density at radius 2 is 1.94 bits per heavy atom. The molecule has 4 rings (SSSR count). The first-order valence-corrected chi connectivity index (χ1v) is 13.8. The Bertz CT molecular complexity index is 1470. The SMILES string of the molecule is COc1cc(-c2cc(SCc3ccc(Cl)s3)n(C(=O)C(C)(C)C)n2)n(CC(=O)c2ccsn2)c(=O)c1. The highest BCUT2D eigenvalue weighted by Crippen LogP contribution is 2.33. The van der Waals surface area contributed by atoms with Crippen LogP contribution in [0.25, 0.3) is 11.4 Å². The predicted octanol–water partition coefficient (Wildman–Crippen LogP) is 5.75. The Kier molecular flexibility index (Phi) is 7.84. The number of carbonyl (C=O) groups is 2. The molecule has 4 aromatic heterocycles. The number of thiophene rings is 1. The third-order valence-electron chi connectivity index (χ3n) is 5.13. The predicted molar refractivity (Wildman–Crippen MR) is 144 cm³/mol. The summed E-state index contributed by atoms with van der Waals surface area (Å²) in [5.74, 6) is 0.411. The largest absolute Gasteiger partial charge is 0.496 e. The number of ether oxygens (including phenoxy) is 1. The fraction of sp³-hybridized carbons (Fsp3) is 0.292. The number of pyridine rings is 1. The lowest BCUT2D eigenvalue weighted by Crippen LogP contribution is -2.28. The van der Waals surface area contributed by atoms with Gasteiger partial charge in [-0.05, 0) is 29.7 Å². The Morgan fingerprint density at radius 1 is 1.17 bits per heavy atom. The van der Waals surface area contributed by atoms with Gasteiger partial charge >= 0.3 is 0 Å². The second kappa shape index (κ2) is 10.7. The van der Waals surface area contributed by atoms with E-state index in [1.54, 1.807) is 23.6 Å². The lowest BCUT2D eigenvalue weighted by atomic mass is 9.96. The Hall–Kier alpha value is -2.73. The number of thioether (sulfide) groups is 1. The quantitative estimate of drug-likeness (QED) is 0.199. The van der Waals surface area contributed by atoms with Gasteiger partial charge in [0.25, 0.3) is 11.5 Å². The van der Waals surface area contributed by atoms with Gasteiger partial charge in [-0.2, -0.15) is 14.2 Å². The molecule has 0 aliphatic heterocycles. The van der Waals surface area contributed by atoms with Crippen LogP contribution in [0.15, 0.2) is 51.6 Å². The van der Waals surface area contributed by atoms with E-state index < -0.39 is 11.0 Å². The van der Waals surface area contributed by atoms with Crippen molar-refractivity contribution in [2.45, 2.75) is 38.1 Å². The van der Waals surface area contributed by atoms with Crippen LogP contribution >= 0.6 is 46.2 Å².